The molecule has 4 heteroatoms. The SMILES string of the molecule is Cc1cc(-c2ccc(NC(=O)C3CCCC3)c(C)c2)ccc1NC(=O)C1CCCC1. The Hall–Kier alpha value is -2.62. The van der Waals surface area contributed by atoms with Crippen molar-refractivity contribution in [3.05, 3.63) is 47.5 Å². The molecule has 0 bridgehead atoms. The van der Waals surface area contributed by atoms with Crippen molar-refractivity contribution in [3.8, 4) is 11.1 Å². The molecule has 0 saturated heterocycles. The van der Waals surface area contributed by atoms with Crippen molar-refractivity contribution >= 4 is 23.2 Å². The average molecular weight is 405 g/mol. The van der Waals surface area contributed by atoms with Crippen LogP contribution in [0.1, 0.15) is 62.5 Å². The summed E-state index contributed by atoms with van der Waals surface area (Å²) in [6.45, 7) is 4.08. The maximum atomic E-state index is 12.4. The fourth-order valence-electron chi connectivity index (χ4n) is 4.81. The number of rotatable bonds is 5. The zero-order valence-corrected chi connectivity index (χ0v) is 18.1. The lowest BCUT2D eigenvalue weighted by molar-refractivity contribution is -0.120. The standard InChI is InChI=1S/C26H32N2O2/c1-17-15-21(11-13-23(17)27-25(29)19-7-3-4-8-19)22-12-14-24(18(2)16-22)28-26(30)20-9-5-6-10-20/h11-16,19-20H,3-10H2,1-2H3,(H,27,29)(H,28,30). The van der Waals surface area contributed by atoms with Gasteiger partial charge in [-0.25, -0.2) is 0 Å². The summed E-state index contributed by atoms with van der Waals surface area (Å²) in [6.07, 6.45) is 8.66. The highest BCUT2D eigenvalue weighted by Gasteiger charge is 2.24. The lowest BCUT2D eigenvalue weighted by Crippen LogP contribution is -2.20. The normalized spacial score (nSPS) is 17.3. The van der Waals surface area contributed by atoms with Gasteiger partial charge in [0.15, 0.2) is 0 Å². The minimum Gasteiger partial charge on any atom is -0.326 e. The molecule has 0 spiro atoms. The molecule has 4 nitrogen and oxygen atoms in total. The summed E-state index contributed by atoms with van der Waals surface area (Å²) in [4.78, 5) is 24.9. The number of nitrogens with one attached hydrogen (secondary N) is 2. The van der Waals surface area contributed by atoms with E-state index in [9.17, 15) is 9.59 Å². The van der Waals surface area contributed by atoms with E-state index in [0.717, 1.165) is 85.0 Å². The van der Waals surface area contributed by atoms with Crippen molar-refractivity contribution in [2.45, 2.75) is 65.2 Å². The van der Waals surface area contributed by atoms with Crippen LogP contribution in [0.15, 0.2) is 36.4 Å². The second-order valence-corrected chi connectivity index (χ2v) is 9.00. The number of hydrogen-bond donors (Lipinski definition) is 2. The van der Waals surface area contributed by atoms with Crippen molar-refractivity contribution in [2.24, 2.45) is 11.8 Å². The van der Waals surface area contributed by atoms with Gasteiger partial charge in [-0.05, 0) is 86.1 Å². The summed E-state index contributed by atoms with van der Waals surface area (Å²) in [5, 5.41) is 6.23. The lowest BCUT2D eigenvalue weighted by Gasteiger charge is -2.15. The van der Waals surface area contributed by atoms with Gasteiger partial charge in [-0.1, -0.05) is 37.8 Å². The first-order valence-corrected chi connectivity index (χ1v) is 11.3. The molecule has 158 valence electrons. The van der Waals surface area contributed by atoms with E-state index in [4.69, 9.17) is 0 Å². The molecule has 2 saturated carbocycles. The van der Waals surface area contributed by atoms with E-state index in [2.05, 4.69) is 34.9 Å². The van der Waals surface area contributed by atoms with E-state index in [1.807, 2.05) is 26.0 Å². The highest BCUT2D eigenvalue weighted by atomic mass is 16.2. The van der Waals surface area contributed by atoms with Gasteiger partial charge < -0.3 is 10.6 Å². The van der Waals surface area contributed by atoms with Gasteiger partial charge in [0.05, 0.1) is 0 Å². The molecule has 0 heterocycles. The van der Waals surface area contributed by atoms with Crippen LogP contribution in [0.3, 0.4) is 0 Å². The molecule has 2 aromatic carbocycles. The number of benzene rings is 2. The van der Waals surface area contributed by atoms with Gasteiger partial charge in [0, 0.05) is 23.2 Å². The highest BCUT2D eigenvalue weighted by molar-refractivity contribution is 5.94. The Bertz CT molecular complexity index is 861. The van der Waals surface area contributed by atoms with Crippen LogP contribution < -0.4 is 10.6 Å². The van der Waals surface area contributed by atoms with Crippen LogP contribution in [-0.2, 0) is 9.59 Å². The molecule has 2 fully saturated rings. The zero-order valence-electron chi connectivity index (χ0n) is 18.1. The first-order valence-electron chi connectivity index (χ1n) is 11.3. The Morgan fingerprint density at radius 3 is 1.37 bits per heavy atom. The van der Waals surface area contributed by atoms with Gasteiger partial charge in [0.2, 0.25) is 11.8 Å². The average Bonchev–Trinajstić information content (AvgIpc) is 3.45. The Morgan fingerprint density at radius 1 is 0.667 bits per heavy atom. The maximum Gasteiger partial charge on any atom is 0.227 e. The number of carbonyl (C=O) groups is 2. The van der Waals surface area contributed by atoms with E-state index in [1.54, 1.807) is 0 Å². The Kier molecular flexibility index (Phi) is 6.21. The molecule has 0 unspecified atom stereocenters. The van der Waals surface area contributed by atoms with E-state index >= 15 is 0 Å². The minimum atomic E-state index is 0.154. The summed E-state index contributed by atoms with van der Waals surface area (Å²) >= 11 is 0. The number of aryl methyl sites for hydroxylation is 2. The van der Waals surface area contributed by atoms with Crippen molar-refractivity contribution < 1.29 is 9.59 Å². The van der Waals surface area contributed by atoms with Crippen LogP contribution in [0, 0.1) is 25.7 Å². The smallest absolute Gasteiger partial charge is 0.227 e. The Balaban J connectivity index is 1.45. The highest BCUT2D eigenvalue weighted by Crippen LogP contribution is 2.31. The topological polar surface area (TPSA) is 58.2 Å². The summed E-state index contributed by atoms with van der Waals surface area (Å²) < 4.78 is 0. The largest absolute Gasteiger partial charge is 0.326 e. The fourth-order valence-corrected chi connectivity index (χ4v) is 4.81. The van der Waals surface area contributed by atoms with Crippen LogP contribution in [0.5, 0.6) is 0 Å². The van der Waals surface area contributed by atoms with E-state index in [-0.39, 0.29) is 23.7 Å². The third-order valence-electron chi connectivity index (χ3n) is 6.75. The van der Waals surface area contributed by atoms with Crippen LogP contribution in [0.25, 0.3) is 11.1 Å². The molecule has 0 radical (unpaired) electrons. The van der Waals surface area contributed by atoms with Crippen molar-refractivity contribution in [1.82, 2.24) is 0 Å². The van der Waals surface area contributed by atoms with E-state index in [0.29, 0.717) is 0 Å². The summed E-state index contributed by atoms with van der Waals surface area (Å²) in [7, 11) is 0. The molecule has 2 aromatic rings. The monoisotopic (exact) mass is 404 g/mol. The molecule has 4 rings (SSSR count). The van der Waals surface area contributed by atoms with Gasteiger partial charge in [-0.2, -0.15) is 0 Å². The van der Waals surface area contributed by atoms with E-state index in [1.165, 1.54) is 0 Å². The first-order chi connectivity index (χ1) is 14.5. The molecular formula is C26H32N2O2. The Labute approximate surface area is 179 Å². The molecule has 30 heavy (non-hydrogen) atoms. The molecule has 2 aliphatic rings. The molecule has 0 aromatic heterocycles. The predicted molar refractivity (Wildman–Crippen MR) is 123 cm³/mol. The van der Waals surface area contributed by atoms with Gasteiger partial charge in [-0.15, -0.1) is 0 Å². The number of carbonyl (C=O) groups excluding carboxylic acids is 2. The first kappa shape index (κ1) is 20.6. The summed E-state index contributed by atoms with van der Waals surface area (Å²) in [5.74, 6) is 0.639. The fraction of sp³-hybridized carbons (Fsp3) is 0.462. The second kappa shape index (κ2) is 9.03. The number of hydrogen-bond acceptors (Lipinski definition) is 2. The predicted octanol–water partition coefficient (Wildman–Crippen LogP) is 6.23. The van der Waals surface area contributed by atoms with Crippen LogP contribution in [-0.4, -0.2) is 11.8 Å². The van der Waals surface area contributed by atoms with Crippen LogP contribution >= 0.6 is 0 Å². The van der Waals surface area contributed by atoms with Crippen LogP contribution in [0.2, 0.25) is 0 Å². The van der Waals surface area contributed by atoms with Crippen LogP contribution in [0.4, 0.5) is 11.4 Å². The number of amides is 2. The molecule has 0 atom stereocenters. The third kappa shape index (κ3) is 4.58. The van der Waals surface area contributed by atoms with Crippen molar-refractivity contribution in [2.75, 3.05) is 10.6 Å². The third-order valence-corrected chi connectivity index (χ3v) is 6.75. The summed E-state index contributed by atoms with van der Waals surface area (Å²) in [5.41, 5.74) is 6.15. The molecule has 2 aliphatic carbocycles. The van der Waals surface area contributed by atoms with Gasteiger partial charge in [0.25, 0.3) is 0 Å². The lowest BCUT2D eigenvalue weighted by atomic mass is 9.99. The maximum absolute atomic E-state index is 12.4. The van der Waals surface area contributed by atoms with Gasteiger partial charge in [-0.3, -0.25) is 9.59 Å². The quantitative estimate of drug-likeness (QED) is 0.621. The zero-order chi connectivity index (χ0) is 21.1. The summed E-state index contributed by atoms with van der Waals surface area (Å²) in [6, 6.07) is 12.4. The van der Waals surface area contributed by atoms with Crippen molar-refractivity contribution in [1.29, 1.82) is 0 Å². The molecule has 2 amide bonds. The van der Waals surface area contributed by atoms with Gasteiger partial charge in [0.1, 0.15) is 0 Å². The Morgan fingerprint density at radius 2 is 1.03 bits per heavy atom. The number of anilines is 2. The molecule has 2 N–H and O–H groups in total. The van der Waals surface area contributed by atoms with Gasteiger partial charge >= 0.3 is 0 Å². The van der Waals surface area contributed by atoms with Crippen molar-refractivity contribution in [3.63, 3.8) is 0 Å². The molecular weight excluding hydrogens is 372 g/mol. The second-order valence-electron chi connectivity index (χ2n) is 9.00. The minimum absolute atomic E-state index is 0.154. The molecule has 0 aliphatic heterocycles. The van der Waals surface area contributed by atoms with E-state index < -0.39 is 0 Å².